The zero-order chi connectivity index (χ0) is 21.4. The summed E-state index contributed by atoms with van der Waals surface area (Å²) in [7, 11) is 0. The summed E-state index contributed by atoms with van der Waals surface area (Å²) in [6.45, 7) is 9.23. The molecule has 1 unspecified atom stereocenters. The number of nitrogens with zero attached hydrogens (tertiary/aromatic N) is 2. The van der Waals surface area contributed by atoms with E-state index in [9.17, 15) is 14.7 Å². The van der Waals surface area contributed by atoms with Crippen LogP contribution in [0.4, 0.5) is 9.93 Å². The van der Waals surface area contributed by atoms with Crippen LogP contribution in [0.3, 0.4) is 0 Å². The molecule has 0 radical (unpaired) electrons. The summed E-state index contributed by atoms with van der Waals surface area (Å²) in [4.78, 5) is 30.6. The van der Waals surface area contributed by atoms with Gasteiger partial charge in [0.1, 0.15) is 5.25 Å². The van der Waals surface area contributed by atoms with Gasteiger partial charge < -0.3 is 10.0 Å². The first-order chi connectivity index (χ1) is 13.8. The van der Waals surface area contributed by atoms with E-state index in [4.69, 9.17) is 0 Å². The monoisotopic (exact) mass is 441 g/mol. The molecule has 1 saturated carbocycles. The minimum atomic E-state index is -0.820. The van der Waals surface area contributed by atoms with E-state index >= 15 is 0 Å². The van der Waals surface area contributed by atoms with Gasteiger partial charge in [-0.3, -0.25) is 10.1 Å². The molecule has 6 nitrogen and oxygen atoms in total. The number of carbonyl (C=O) groups excluding carboxylic acids is 1. The lowest BCUT2D eigenvalue weighted by atomic mass is 9.84. The van der Waals surface area contributed by atoms with Crippen molar-refractivity contribution in [3.63, 3.8) is 0 Å². The van der Waals surface area contributed by atoms with Crippen molar-refractivity contribution in [2.75, 3.05) is 11.9 Å². The SMILES string of the molecule is CCC1CCC(N(CCC(C)C)C(=O)Nc2ncc(SC(CC)C(=O)O)s2)CC1. The fourth-order valence-electron chi connectivity index (χ4n) is 3.70. The average molecular weight is 442 g/mol. The number of anilines is 1. The molecule has 1 aromatic rings. The van der Waals surface area contributed by atoms with Crippen molar-refractivity contribution < 1.29 is 14.7 Å². The second-order valence-electron chi connectivity index (χ2n) is 8.23. The maximum atomic E-state index is 13.1. The number of aromatic nitrogens is 1. The lowest BCUT2D eigenvalue weighted by Crippen LogP contribution is -2.45. The van der Waals surface area contributed by atoms with Crippen LogP contribution in [0.1, 0.15) is 72.6 Å². The second-order valence-corrected chi connectivity index (χ2v) is 10.8. The fourth-order valence-corrected chi connectivity index (χ4v) is 5.67. The zero-order valence-corrected chi connectivity index (χ0v) is 19.7. The molecule has 0 bridgehead atoms. The van der Waals surface area contributed by atoms with Gasteiger partial charge in [0.2, 0.25) is 0 Å². The number of amides is 2. The van der Waals surface area contributed by atoms with Crippen LogP contribution in [-0.2, 0) is 4.79 Å². The molecular formula is C21H35N3O3S2. The summed E-state index contributed by atoms with van der Waals surface area (Å²) in [5, 5.41) is 12.2. The average Bonchev–Trinajstić information content (AvgIpc) is 3.13. The van der Waals surface area contributed by atoms with Crippen molar-refractivity contribution in [2.24, 2.45) is 11.8 Å². The Morgan fingerprint density at radius 1 is 1.31 bits per heavy atom. The van der Waals surface area contributed by atoms with Gasteiger partial charge in [0.05, 0.1) is 10.4 Å². The Morgan fingerprint density at radius 3 is 2.55 bits per heavy atom. The van der Waals surface area contributed by atoms with Crippen molar-refractivity contribution in [2.45, 2.75) is 88.1 Å². The van der Waals surface area contributed by atoms with Gasteiger partial charge in [-0.15, -0.1) is 0 Å². The highest BCUT2D eigenvalue weighted by Crippen LogP contribution is 2.34. The number of hydrogen-bond donors (Lipinski definition) is 2. The molecule has 1 aliphatic carbocycles. The molecule has 2 amide bonds. The highest BCUT2D eigenvalue weighted by molar-refractivity contribution is 8.02. The first-order valence-corrected chi connectivity index (χ1v) is 12.5. The number of urea groups is 1. The Balaban J connectivity index is 2.00. The summed E-state index contributed by atoms with van der Waals surface area (Å²) in [6.07, 6.45) is 8.93. The number of carbonyl (C=O) groups is 2. The molecule has 8 heteroatoms. The highest BCUT2D eigenvalue weighted by atomic mass is 32.2. The molecule has 0 saturated heterocycles. The Morgan fingerprint density at radius 2 is 2.00 bits per heavy atom. The maximum absolute atomic E-state index is 13.1. The molecule has 1 heterocycles. The minimum Gasteiger partial charge on any atom is -0.480 e. The summed E-state index contributed by atoms with van der Waals surface area (Å²) in [5.74, 6) is 0.515. The summed E-state index contributed by atoms with van der Waals surface area (Å²) in [6, 6.07) is 0.212. The van der Waals surface area contributed by atoms with Crippen molar-refractivity contribution in [1.29, 1.82) is 0 Å². The first kappa shape index (κ1) is 24.0. The minimum absolute atomic E-state index is 0.0817. The normalized spacial score (nSPS) is 20.4. The number of rotatable bonds is 10. The van der Waals surface area contributed by atoms with Gasteiger partial charge in [0.25, 0.3) is 0 Å². The van der Waals surface area contributed by atoms with Crippen LogP contribution in [-0.4, -0.2) is 44.8 Å². The predicted molar refractivity (Wildman–Crippen MR) is 121 cm³/mol. The largest absolute Gasteiger partial charge is 0.480 e. The van der Waals surface area contributed by atoms with Crippen molar-refractivity contribution in [3.05, 3.63) is 6.20 Å². The molecular weight excluding hydrogens is 406 g/mol. The Kier molecular flexibility index (Phi) is 9.75. The summed E-state index contributed by atoms with van der Waals surface area (Å²) < 4.78 is 0.812. The topological polar surface area (TPSA) is 82.5 Å². The van der Waals surface area contributed by atoms with Gasteiger partial charge in [-0.25, -0.2) is 9.78 Å². The Hall–Kier alpha value is -1.28. The maximum Gasteiger partial charge on any atom is 0.323 e. The molecule has 29 heavy (non-hydrogen) atoms. The smallest absolute Gasteiger partial charge is 0.323 e. The number of carboxylic acids is 1. The van der Waals surface area contributed by atoms with E-state index in [0.29, 0.717) is 23.5 Å². The fraction of sp³-hybridized carbons (Fsp3) is 0.762. The van der Waals surface area contributed by atoms with Crippen LogP contribution in [0, 0.1) is 11.8 Å². The van der Waals surface area contributed by atoms with Gasteiger partial charge in [-0.1, -0.05) is 57.2 Å². The van der Waals surface area contributed by atoms with E-state index in [0.717, 1.165) is 35.9 Å². The van der Waals surface area contributed by atoms with Gasteiger partial charge in [-0.05, 0) is 50.4 Å². The molecule has 2 N–H and O–H groups in total. The van der Waals surface area contributed by atoms with Crippen molar-refractivity contribution in [3.8, 4) is 0 Å². The van der Waals surface area contributed by atoms with Crippen molar-refractivity contribution in [1.82, 2.24) is 9.88 Å². The van der Waals surface area contributed by atoms with Crippen LogP contribution in [0.15, 0.2) is 10.4 Å². The third kappa shape index (κ3) is 7.48. The van der Waals surface area contributed by atoms with Crippen LogP contribution in [0.5, 0.6) is 0 Å². The first-order valence-electron chi connectivity index (χ1n) is 10.8. The van der Waals surface area contributed by atoms with Crippen LogP contribution >= 0.6 is 23.1 Å². The number of carboxylic acid groups (broad SMARTS) is 1. The molecule has 164 valence electrons. The molecule has 1 aliphatic rings. The van der Waals surface area contributed by atoms with E-state index in [-0.39, 0.29) is 6.03 Å². The predicted octanol–water partition coefficient (Wildman–Crippen LogP) is 5.95. The molecule has 0 aromatic carbocycles. The van der Waals surface area contributed by atoms with E-state index in [1.54, 1.807) is 6.20 Å². The number of aliphatic carboxylic acids is 1. The lowest BCUT2D eigenvalue weighted by Gasteiger charge is -2.37. The Labute approximate surface area is 182 Å². The standard InChI is InChI=1S/C21H35N3O3S2/c1-5-15-7-9-16(10-8-15)24(12-11-14(3)4)21(27)23-20-22-13-18(29-20)28-17(6-2)19(25)26/h13-17H,5-12H2,1-4H3,(H,25,26)(H,22,23,27). The van der Waals surface area contributed by atoms with Crippen LogP contribution in [0.25, 0.3) is 0 Å². The van der Waals surface area contributed by atoms with Gasteiger partial charge in [0.15, 0.2) is 5.13 Å². The lowest BCUT2D eigenvalue weighted by molar-refractivity contribution is -0.136. The summed E-state index contributed by atoms with van der Waals surface area (Å²) >= 11 is 2.63. The van der Waals surface area contributed by atoms with E-state index in [1.165, 1.54) is 42.4 Å². The molecule has 1 fully saturated rings. The number of hydrogen-bond acceptors (Lipinski definition) is 5. The van der Waals surface area contributed by atoms with Gasteiger partial charge >= 0.3 is 12.0 Å². The molecule has 1 atom stereocenters. The molecule has 1 aromatic heterocycles. The second kappa shape index (κ2) is 11.8. The molecule has 0 spiro atoms. The summed E-state index contributed by atoms with van der Waals surface area (Å²) in [5.41, 5.74) is 0. The van der Waals surface area contributed by atoms with Gasteiger partial charge in [0, 0.05) is 12.6 Å². The quantitative estimate of drug-likeness (QED) is 0.439. The number of thiazole rings is 1. The van der Waals surface area contributed by atoms with E-state index in [1.807, 2.05) is 11.8 Å². The zero-order valence-electron chi connectivity index (χ0n) is 18.0. The van der Waals surface area contributed by atoms with E-state index < -0.39 is 11.2 Å². The Bertz CT molecular complexity index is 657. The third-order valence-corrected chi connectivity index (χ3v) is 8.05. The van der Waals surface area contributed by atoms with Crippen LogP contribution in [0.2, 0.25) is 0 Å². The molecule has 0 aliphatic heterocycles. The van der Waals surface area contributed by atoms with E-state index in [2.05, 4.69) is 31.1 Å². The van der Waals surface area contributed by atoms with Gasteiger partial charge in [-0.2, -0.15) is 0 Å². The highest BCUT2D eigenvalue weighted by Gasteiger charge is 2.29. The third-order valence-electron chi connectivity index (χ3n) is 5.65. The molecule has 2 rings (SSSR count). The number of nitrogens with one attached hydrogen (secondary N) is 1. The number of thioether (sulfide) groups is 1. The van der Waals surface area contributed by atoms with Crippen LogP contribution < -0.4 is 5.32 Å². The van der Waals surface area contributed by atoms with Crippen molar-refractivity contribution >= 4 is 40.2 Å².